The van der Waals surface area contributed by atoms with Crippen molar-refractivity contribution >= 4 is 23.0 Å². The lowest BCUT2D eigenvalue weighted by Gasteiger charge is -2.43. The van der Waals surface area contributed by atoms with E-state index in [1.165, 1.54) is 13.2 Å². The molecular weight excluding hydrogens is 288 g/mol. The van der Waals surface area contributed by atoms with E-state index in [1.54, 1.807) is 6.07 Å². The highest BCUT2D eigenvalue weighted by molar-refractivity contribution is 5.82. The van der Waals surface area contributed by atoms with Gasteiger partial charge in [0, 0.05) is 31.3 Å². The van der Waals surface area contributed by atoms with Gasteiger partial charge in [0.15, 0.2) is 5.96 Å². The molecule has 2 rings (SSSR count). The average Bonchev–Trinajstić information content (AvgIpc) is 2.36. The summed E-state index contributed by atoms with van der Waals surface area (Å²) in [7, 11) is 5.44. The number of hydrogen-bond acceptors (Lipinski definition) is 6. The third-order valence-corrected chi connectivity index (χ3v) is 3.66. The monoisotopic (exact) mass is 308 g/mol. The molecule has 1 aliphatic rings. The lowest BCUT2D eigenvalue weighted by molar-refractivity contribution is -0.384. The molecule has 0 unspecified atom stereocenters. The Hall–Kier alpha value is -2.55. The summed E-state index contributed by atoms with van der Waals surface area (Å²) in [6.07, 6.45) is 0. The summed E-state index contributed by atoms with van der Waals surface area (Å²) in [5.74, 6) is 0.208. The van der Waals surface area contributed by atoms with Crippen molar-refractivity contribution < 1.29 is 9.66 Å². The molecule has 0 bridgehead atoms. The van der Waals surface area contributed by atoms with Crippen LogP contribution in [0.3, 0.4) is 0 Å². The number of nitrogens with zero attached hydrogens (tertiary/aromatic N) is 4. The number of likely N-dealkylation sites (N-methyl/N-ethyl adjacent to an activating group) is 1. The van der Waals surface area contributed by atoms with Crippen molar-refractivity contribution in [3.8, 4) is 5.75 Å². The molecule has 9 nitrogen and oxygen atoms in total. The zero-order valence-electron chi connectivity index (χ0n) is 12.8. The number of nitrogens with two attached hydrogens (primary N) is 2. The predicted molar refractivity (Wildman–Crippen MR) is 84.8 cm³/mol. The second kappa shape index (κ2) is 6.06. The molecule has 22 heavy (non-hydrogen) atoms. The Morgan fingerprint density at radius 2 is 2.09 bits per heavy atom. The highest BCUT2D eigenvalue weighted by Crippen LogP contribution is 2.41. The highest BCUT2D eigenvalue weighted by atomic mass is 16.6. The first-order valence-corrected chi connectivity index (χ1v) is 6.71. The topological polar surface area (TPSA) is 123 Å². The molecule has 0 aromatic heterocycles. The van der Waals surface area contributed by atoms with Crippen molar-refractivity contribution in [1.82, 2.24) is 4.90 Å². The van der Waals surface area contributed by atoms with Crippen LogP contribution in [0.4, 0.5) is 17.1 Å². The van der Waals surface area contributed by atoms with Crippen molar-refractivity contribution in [1.29, 1.82) is 0 Å². The summed E-state index contributed by atoms with van der Waals surface area (Å²) in [5, 5.41) is 11.3. The number of aliphatic imine (C=N–C) groups is 1. The molecule has 1 aromatic rings. The van der Waals surface area contributed by atoms with Crippen molar-refractivity contribution in [3.05, 3.63) is 22.2 Å². The number of guanidine groups is 1. The summed E-state index contributed by atoms with van der Waals surface area (Å²) in [6, 6.07) is 3.31. The van der Waals surface area contributed by atoms with E-state index in [9.17, 15) is 10.1 Å². The molecule has 120 valence electrons. The highest BCUT2D eigenvalue weighted by Gasteiger charge is 2.33. The van der Waals surface area contributed by atoms with Gasteiger partial charge in [0.2, 0.25) is 0 Å². The van der Waals surface area contributed by atoms with E-state index in [0.29, 0.717) is 17.5 Å². The molecule has 0 saturated carbocycles. The first-order chi connectivity index (χ1) is 10.3. The molecule has 1 aromatic carbocycles. The minimum Gasteiger partial charge on any atom is -0.494 e. The first kappa shape index (κ1) is 15.8. The second-order valence-corrected chi connectivity index (χ2v) is 5.33. The fourth-order valence-electron chi connectivity index (χ4n) is 2.31. The maximum absolute atomic E-state index is 11.3. The Morgan fingerprint density at radius 3 is 2.55 bits per heavy atom. The number of rotatable bonds is 5. The Labute approximate surface area is 128 Å². The van der Waals surface area contributed by atoms with Crippen molar-refractivity contribution in [2.45, 2.75) is 6.04 Å². The normalized spacial score (nSPS) is 14.6. The van der Waals surface area contributed by atoms with Crippen LogP contribution in [-0.4, -0.2) is 56.1 Å². The van der Waals surface area contributed by atoms with Gasteiger partial charge in [-0.1, -0.05) is 0 Å². The third-order valence-electron chi connectivity index (χ3n) is 3.66. The number of nitro benzene ring substituents is 1. The Bertz CT molecular complexity index is 606. The molecule has 1 fully saturated rings. The van der Waals surface area contributed by atoms with E-state index in [1.807, 2.05) is 19.0 Å². The zero-order valence-corrected chi connectivity index (χ0v) is 12.8. The van der Waals surface area contributed by atoms with Crippen molar-refractivity contribution in [2.24, 2.45) is 16.5 Å². The molecule has 0 amide bonds. The van der Waals surface area contributed by atoms with Crippen LogP contribution in [0.2, 0.25) is 0 Å². The average molecular weight is 308 g/mol. The van der Waals surface area contributed by atoms with E-state index in [-0.39, 0.29) is 17.3 Å². The smallest absolute Gasteiger partial charge is 0.294 e. The predicted octanol–water partition coefficient (Wildman–Crippen LogP) is 0.259. The zero-order chi connectivity index (χ0) is 16.4. The van der Waals surface area contributed by atoms with Crippen LogP contribution in [0.25, 0.3) is 0 Å². The van der Waals surface area contributed by atoms with E-state index in [4.69, 9.17) is 16.2 Å². The van der Waals surface area contributed by atoms with Gasteiger partial charge < -0.3 is 26.0 Å². The third kappa shape index (κ3) is 3.03. The SMILES string of the molecule is COc1cc(N2CC(N(C)C)C2)c([N+](=O)[O-])cc1N=C(N)N. The summed E-state index contributed by atoms with van der Waals surface area (Å²) in [5.41, 5.74) is 11.4. The van der Waals surface area contributed by atoms with Crippen LogP contribution in [0, 0.1) is 10.1 Å². The number of methoxy groups -OCH3 is 1. The molecule has 0 radical (unpaired) electrons. The number of hydrogen-bond donors (Lipinski definition) is 2. The number of benzene rings is 1. The Kier molecular flexibility index (Phi) is 4.36. The quantitative estimate of drug-likeness (QED) is 0.346. The van der Waals surface area contributed by atoms with E-state index >= 15 is 0 Å². The van der Waals surface area contributed by atoms with Crippen molar-refractivity contribution in [2.75, 3.05) is 39.2 Å². The maximum Gasteiger partial charge on any atom is 0.294 e. The van der Waals surface area contributed by atoms with Gasteiger partial charge in [-0.3, -0.25) is 10.1 Å². The van der Waals surface area contributed by atoms with Crippen LogP contribution in [0.15, 0.2) is 17.1 Å². The Morgan fingerprint density at radius 1 is 1.45 bits per heavy atom. The molecule has 0 atom stereocenters. The molecule has 1 aliphatic heterocycles. The molecule has 9 heteroatoms. The first-order valence-electron chi connectivity index (χ1n) is 6.71. The maximum atomic E-state index is 11.3. The summed E-state index contributed by atoms with van der Waals surface area (Å²) >= 11 is 0. The second-order valence-electron chi connectivity index (χ2n) is 5.33. The lowest BCUT2D eigenvalue weighted by Crippen LogP contribution is -2.57. The van der Waals surface area contributed by atoms with Crippen LogP contribution in [0.5, 0.6) is 5.75 Å². The fraction of sp³-hybridized carbons (Fsp3) is 0.462. The van der Waals surface area contributed by atoms with Gasteiger partial charge >= 0.3 is 0 Å². The summed E-state index contributed by atoms with van der Waals surface area (Å²) in [6.45, 7) is 1.44. The van der Waals surface area contributed by atoms with E-state index in [2.05, 4.69) is 9.89 Å². The minimum atomic E-state index is -0.441. The van der Waals surface area contributed by atoms with Crippen LogP contribution in [-0.2, 0) is 0 Å². The fourth-order valence-corrected chi connectivity index (χ4v) is 2.31. The number of anilines is 1. The minimum absolute atomic E-state index is 0.0435. The summed E-state index contributed by atoms with van der Waals surface area (Å²) in [4.78, 5) is 18.8. The molecule has 1 heterocycles. The van der Waals surface area contributed by atoms with Gasteiger partial charge in [-0.2, -0.15) is 0 Å². The Balaban J connectivity index is 2.41. The van der Waals surface area contributed by atoms with Crippen LogP contribution in [0.1, 0.15) is 0 Å². The molecule has 0 spiro atoms. The summed E-state index contributed by atoms with van der Waals surface area (Å²) < 4.78 is 5.24. The standard InChI is InChI=1S/C13H20N6O3/c1-17(2)8-6-18(7-8)10-5-12(22-3)9(16-13(14)15)4-11(10)19(20)21/h4-5,8H,6-7H2,1-3H3,(H4,14,15,16). The molecule has 4 N–H and O–H groups in total. The number of nitro groups is 1. The molecular formula is C13H20N6O3. The van der Waals surface area contributed by atoms with Crippen LogP contribution >= 0.6 is 0 Å². The van der Waals surface area contributed by atoms with Gasteiger partial charge in [-0.05, 0) is 14.1 Å². The number of ether oxygens (including phenoxy) is 1. The molecule has 0 aliphatic carbocycles. The van der Waals surface area contributed by atoms with Gasteiger partial charge in [-0.25, -0.2) is 4.99 Å². The van der Waals surface area contributed by atoms with E-state index < -0.39 is 4.92 Å². The van der Waals surface area contributed by atoms with Gasteiger partial charge in [0.05, 0.1) is 12.0 Å². The molecule has 1 saturated heterocycles. The van der Waals surface area contributed by atoms with E-state index in [0.717, 1.165) is 13.1 Å². The van der Waals surface area contributed by atoms with Gasteiger partial charge in [0.25, 0.3) is 5.69 Å². The van der Waals surface area contributed by atoms with Gasteiger partial charge in [-0.15, -0.1) is 0 Å². The van der Waals surface area contributed by atoms with Crippen LogP contribution < -0.4 is 21.1 Å². The largest absolute Gasteiger partial charge is 0.494 e. The lowest BCUT2D eigenvalue weighted by atomic mass is 10.1. The van der Waals surface area contributed by atoms with Gasteiger partial charge in [0.1, 0.15) is 17.1 Å². The van der Waals surface area contributed by atoms with Crippen molar-refractivity contribution in [3.63, 3.8) is 0 Å².